The molecule has 2 atom stereocenters. The topological polar surface area (TPSA) is 86.8 Å². The first-order valence-corrected chi connectivity index (χ1v) is 14.9. The van der Waals surface area contributed by atoms with Crippen LogP contribution in [0.2, 0.25) is 5.02 Å². The van der Waals surface area contributed by atoms with E-state index in [0.29, 0.717) is 17.1 Å². The van der Waals surface area contributed by atoms with E-state index in [-0.39, 0.29) is 23.4 Å². The highest BCUT2D eigenvalue weighted by molar-refractivity contribution is 7.92. The molecule has 0 radical (unpaired) electrons. The molecule has 0 fully saturated rings. The lowest BCUT2D eigenvalue weighted by Gasteiger charge is -2.33. The number of para-hydroxylation sites is 1. The molecule has 0 unspecified atom stereocenters. The normalized spacial score (nSPS) is 12.8. The van der Waals surface area contributed by atoms with Crippen LogP contribution in [-0.4, -0.2) is 43.8 Å². The van der Waals surface area contributed by atoms with Gasteiger partial charge in [-0.15, -0.1) is 0 Å². The van der Waals surface area contributed by atoms with Crippen molar-refractivity contribution in [2.45, 2.75) is 64.1 Å². The molecular weight excluding hydrogens is 534 g/mol. The number of aryl methyl sites for hydroxylation is 1. The largest absolute Gasteiger partial charge is 0.352 e. The molecule has 3 aromatic rings. The van der Waals surface area contributed by atoms with Crippen LogP contribution in [0.5, 0.6) is 0 Å². The predicted octanol–water partition coefficient (Wildman–Crippen LogP) is 5.57. The first-order valence-electron chi connectivity index (χ1n) is 13.1. The van der Waals surface area contributed by atoms with Gasteiger partial charge in [-0.25, -0.2) is 8.42 Å². The zero-order chi connectivity index (χ0) is 28.6. The molecule has 0 spiro atoms. The summed E-state index contributed by atoms with van der Waals surface area (Å²) in [7, 11) is -4.09. The zero-order valence-electron chi connectivity index (χ0n) is 22.8. The second kappa shape index (κ2) is 13.6. The molecule has 7 nitrogen and oxygen atoms in total. The van der Waals surface area contributed by atoms with Crippen molar-refractivity contribution in [3.05, 3.63) is 95.0 Å². The van der Waals surface area contributed by atoms with Gasteiger partial charge in [0.2, 0.25) is 11.8 Å². The quantitative estimate of drug-likeness (QED) is 0.309. The molecular formula is C30H36ClN3O4S. The Kier molecular flexibility index (Phi) is 10.5. The lowest BCUT2D eigenvalue weighted by atomic mass is 10.1. The highest BCUT2D eigenvalue weighted by Crippen LogP contribution is 2.25. The highest BCUT2D eigenvalue weighted by Gasteiger charge is 2.33. The molecule has 0 heterocycles. The number of carbonyl (C=O) groups excluding carboxylic acids is 2. The van der Waals surface area contributed by atoms with Crippen molar-refractivity contribution < 1.29 is 18.0 Å². The summed E-state index contributed by atoms with van der Waals surface area (Å²) in [6.07, 6.45) is 1.10. The van der Waals surface area contributed by atoms with Gasteiger partial charge in [-0.05, 0) is 68.7 Å². The van der Waals surface area contributed by atoms with Crippen molar-refractivity contribution in [3.8, 4) is 0 Å². The van der Waals surface area contributed by atoms with Crippen LogP contribution in [0, 0.1) is 6.92 Å². The van der Waals surface area contributed by atoms with Gasteiger partial charge < -0.3 is 10.2 Å². The zero-order valence-corrected chi connectivity index (χ0v) is 24.4. The number of halogens is 1. The number of nitrogens with zero attached hydrogens (tertiary/aromatic N) is 2. The number of nitrogens with one attached hydrogen (secondary N) is 1. The Morgan fingerprint density at radius 2 is 1.51 bits per heavy atom. The van der Waals surface area contributed by atoms with Crippen LogP contribution in [0.25, 0.3) is 0 Å². The monoisotopic (exact) mass is 569 g/mol. The number of anilines is 1. The number of hydrogen-bond acceptors (Lipinski definition) is 4. The van der Waals surface area contributed by atoms with Crippen LogP contribution in [0.15, 0.2) is 83.8 Å². The maximum Gasteiger partial charge on any atom is 0.264 e. The third-order valence-electron chi connectivity index (χ3n) is 6.59. The van der Waals surface area contributed by atoms with E-state index in [1.54, 1.807) is 66.7 Å². The predicted molar refractivity (Wildman–Crippen MR) is 156 cm³/mol. The lowest BCUT2D eigenvalue weighted by molar-refractivity contribution is -0.140. The van der Waals surface area contributed by atoms with E-state index >= 15 is 0 Å². The van der Waals surface area contributed by atoms with Gasteiger partial charge in [-0.1, -0.05) is 73.5 Å². The molecule has 9 heteroatoms. The first-order chi connectivity index (χ1) is 18.6. The van der Waals surface area contributed by atoms with Gasteiger partial charge in [0.1, 0.15) is 12.6 Å². The summed E-state index contributed by atoms with van der Waals surface area (Å²) in [4.78, 5) is 28.8. The van der Waals surface area contributed by atoms with E-state index in [1.807, 2.05) is 27.7 Å². The van der Waals surface area contributed by atoms with Gasteiger partial charge in [0.05, 0.1) is 10.6 Å². The summed E-state index contributed by atoms with van der Waals surface area (Å²) in [5.74, 6) is -0.766. The number of carbonyl (C=O) groups is 2. The average Bonchev–Trinajstić information content (AvgIpc) is 2.93. The number of hydrogen-bond donors (Lipinski definition) is 1. The van der Waals surface area contributed by atoms with E-state index in [9.17, 15) is 18.0 Å². The Balaban J connectivity index is 2.02. The number of benzene rings is 3. The van der Waals surface area contributed by atoms with Crippen LogP contribution >= 0.6 is 11.6 Å². The van der Waals surface area contributed by atoms with Crippen LogP contribution in [0.1, 0.15) is 44.7 Å². The summed E-state index contributed by atoms with van der Waals surface area (Å²) >= 11 is 6.06. The van der Waals surface area contributed by atoms with Gasteiger partial charge in [0.25, 0.3) is 10.0 Å². The molecule has 39 heavy (non-hydrogen) atoms. The third kappa shape index (κ3) is 7.83. The number of sulfonamides is 1. The van der Waals surface area contributed by atoms with Crippen molar-refractivity contribution in [2.75, 3.05) is 10.8 Å². The maximum absolute atomic E-state index is 14.0. The van der Waals surface area contributed by atoms with E-state index in [4.69, 9.17) is 11.6 Å². The Bertz CT molecular complexity index is 1350. The first kappa shape index (κ1) is 30.2. The van der Waals surface area contributed by atoms with Crippen LogP contribution in [0.4, 0.5) is 5.69 Å². The SMILES string of the molecule is CC[C@@H](C)NC(=O)[C@H](CC)N(Cc1ccc(Cl)cc1)C(=O)CN(c1ccccc1)S(=O)(=O)c1ccc(C)cc1. The molecule has 208 valence electrons. The van der Waals surface area contributed by atoms with Gasteiger partial charge in [0, 0.05) is 17.6 Å². The van der Waals surface area contributed by atoms with Crippen molar-refractivity contribution in [1.82, 2.24) is 10.2 Å². The van der Waals surface area contributed by atoms with Crippen LogP contribution in [-0.2, 0) is 26.2 Å². The fourth-order valence-corrected chi connectivity index (χ4v) is 5.65. The Morgan fingerprint density at radius 1 is 0.897 bits per heavy atom. The highest BCUT2D eigenvalue weighted by atomic mass is 35.5. The molecule has 0 aliphatic heterocycles. The average molecular weight is 570 g/mol. The number of rotatable bonds is 12. The minimum atomic E-state index is -4.09. The van der Waals surface area contributed by atoms with Gasteiger partial charge in [-0.3, -0.25) is 13.9 Å². The summed E-state index contributed by atoms with van der Waals surface area (Å²) in [5.41, 5.74) is 2.05. The molecule has 2 amide bonds. The van der Waals surface area contributed by atoms with Crippen molar-refractivity contribution in [1.29, 1.82) is 0 Å². The van der Waals surface area contributed by atoms with E-state index in [1.165, 1.54) is 17.0 Å². The van der Waals surface area contributed by atoms with Crippen molar-refractivity contribution in [3.63, 3.8) is 0 Å². The fourth-order valence-electron chi connectivity index (χ4n) is 4.11. The molecule has 0 aliphatic carbocycles. The smallest absolute Gasteiger partial charge is 0.264 e. The van der Waals surface area contributed by atoms with E-state index < -0.39 is 28.5 Å². The molecule has 0 saturated carbocycles. The van der Waals surface area contributed by atoms with Crippen molar-refractivity contribution >= 4 is 39.1 Å². The van der Waals surface area contributed by atoms with Gasteiger partial charge in [-0.2, -0.15) is 0 Å². The van der Waals surface area contributed by atoms with E-state index in [2.05, 4.69) is 5.32 Å². The summed E-state index contributed by atoms with van der Waals surface area (Å²) in [5, 5.41) is 3.52. The molecule has 0 aromatic heterocycles. The second-order valence-corrected chi connectivity index (χ2v) is 11.8. The third-order valence-corrected chi connectivity index (χ3v) is 8.63. The van der Waals surface area contributed by atoms with Crippen LogP contribution < -0.4 is 9.62 Å². The summed E-state index contributed by atoms with van der Waals surface area (Å²) in [6.45, 7) is 7.23. The Morgan fingerprint density at radius 3 is 2.08 bits per heavy atom. The maximum atomic E-state index is 14.0. The molecule has 3 aromatic carbocycles. The second-order valence-electron chi connectivity index (χ2n) is 9.55. The molecule has 1 N–H and O–H groups in total. The number of amides is 2. The minimum Gasteiger partial charge on any atom is -0.352 e. The molecule has 0 saturated heterocycles. The van der Waals surface area contributed by atoms with Gasteiger partial charge in [0.15, 0.2) is 0 Å². The van der Waals surface area contributed by atoms with Crippen molar-refractivity contribution in [2.24, 2.45) is 0 Å². The molecule has 0 aliphatic rings. The molecule has 3 rings (SSSR count). The summed E-state index contributed by atoms with van der Waals surface area (Å²) < 4.78 is 28.7. The van der Waals surface area contributed by atoms with Gasteiger partial charge >= 0.3 is 0 Å². The lowest BCUT2D eigenvalue weighted by Crippen LogP contribution is -2.53. The van der Waals surface area contributed by atoms with E-state index in [0.717, 1.165) is 21.9 Å². The Labute approximate surface area is 236 Å². The minimum absolute atomic E-state index is 0.0678. The van der Waals surface area contributed by atoms with Crippen LogP contribution in [0.3, 0.4) is 0 Å². The fraction of sp³-hybridized carbons (Fsp3) is 0.333. The summed E-state index contributed by atoms with van der Waals surface area (Å²) in [6, 6.07) is 21.2. The Hall–Kier alpha value is -3.36. The molecule has 0 bridgehead atoms. The standard InChI is InChI=1S/C30H36ClN3O4S/c1-5-23(4)32-30(36)28(6-2)33(20-24-14-16-25(31)17-15-24)29(35)21-34(26-10-8-7-9-11-26)39(37,38)27-18-12-22(3)13-19-27/h7-19,23,28H,5-6,20-21H2,1-4H3,(H,32,36)/t23-,28+/m1/s1.